The van der Waals surface area contributed by atoms with E-state index < -0.39 is 5.97 Å². The lowest BCUT2D eigenvalue weighted by Gasteiger charge is -2.23. The van der Waals surface area contributed by atoms with Gasteiger partial charge in [-0.3, -0.25) is 0 Å². The number of methoxy groups -OCH3 is 1. The molecule has 0 saturated carbocycles. The van der Waals surface area contributed by atoms with Gasteiger partial charge in [-0.15, -0.1) is 0 Å². The molecule has 0 aliphatic carbocycles. The summed E-state index contributed by atoms with van der Waals surface area (Å²) in [5, 5.41) is 9.43. The molecule has 2 aromatic rings. The van der Waals surface area contributed by atoms with Gasteiger partial charge in [0.25, 0.3) is 0 Å². The van der Waals surface area contributed by atoms with E-state index in [9.17, 15) is 14.3 Å². The van der Waals surface area contributed by atoms with Gasteiger partial charge in [-0.25, -0.2) is 9.18 Å². The number of benzene rings is 2. The zero-order chi connectivity index (χ0) is 15.7. The number of hydrogen-bond acceptors (Lipinski definition) is 3. The largest absolute Gasteiger partial charge is 0.497 e. The molecule has 0 fully saturated rings. The minimum Gasteiger partial charge on any atom is -0.497 e. The Hall–Kier alpha value is -2.82. The van der Waals surface area contributed by atoms with Crippen LogP contribution in [-0.2, 0) is 4.79 Å². The standard InChI is InChI=1S/C17H13FO4/c1-21-12-6-7-15-13(8-12)16(14(9-22-15)17(19)20)10-2-4-11(18)5-3-10/h2-8H,9H2,1H3,(H,19,20). The number of carbonyl (C=O) groups is 1. The fourth-order valence-corrected chi connectivity index (χ4v) is 2.46. The minimum atomic E-state index is -1.06. The van der Waals surface area contributed by atoms with Crippen molar-refractivity contribution < 1.29 is 23.8 Å². The van der Waals surface area contributed by atoms with Crippen LogP contribution < -0.4 is 9.47 Å². The van der Waals surface area contributed by atoms with Crippen LogP contribution in [0.3, 0.4) is 0 Å². The van der Waals surface area contributed by atoms with Gasteiger partial charge in [0.2, 0.25) is 0 Å². The summed E-state index contributed by atoms with van der Waals surface area (Å²) >= 11 is 0. The molecule has 0 unspecified atom stereocenters. The van der Waals surface area contributed by atoms with E-state index in [1.165, 1.54) is 19.2 Å². The first-order valence-electron chi connectivity index (χ1n) is 6.63. The van der Waals surface area contributed by atoms with Crippen molar-refractivity contribution in [3.05, 3.63) is 65.0 Å². The maximum atomic E-state index is 13.1. The first-order valence-corrected chi connectivity index (χ1v) is 6.63. The van der Waals surface area contributed by atoms with Crippen LogP contribution in [0, 0.1) is 5.82 Å². The first kappa shape index (κ1) is 14.1. The lowest BCUT2D eigenvalue weighted by molar-refractivity contribution is -0.133. The average molecular weight is 300 g/mol. The van der Waals surface area contributed by atoms with Crippen LogP contribution in [0.5, 0.6) is 11.5 Å². The third-order valence-corrected chi connectivity index (χ3v) is 3.52. The molecule has 5 heteroatoms. The molecule has 22 heavy (non-hydrogen) atoms. The topological polar surface area (TPSA) is 55.8 Å². The lowest BCUT2D eigenvalue weighted by atomic mass is 9.90. The molecule has 0 saturated heterocycles. The van der Waals surface area contributed by atoms with Crippen LogP contribution in [0.1, 0.15) is 11.1 Å². The molecule has 1 aliphatic heterocycles. The summed E-state index contributed by atoms with van der Waals surface area (Å²) in [6.07, 6.45) is 0. The number of ether oxygens (including phenoxy) is 2. The lowest BCUT2D eigenvalue weighted by Crippen LogP contribution is -2.18. The third-order valence-electron chi connectivity index (χ3n) is 3.52. The predicted octanol–water partition coefficient (Wildman–Crippen LogP) is 3.11. The van der Waals surface area contributed by atoms with E-state index >= 15 is 0 Å². The highest BCUT2D eigenvalue weighted by atomic mass is 19.1. The molecule has 2 aromatic carbocycles. The summed E-state index contributed by atoms with van der Waals surface area (Å²) in [6, 6.07) is 10.9. The number of carboxylic acid groups (broad SMARTS) is 1. The monoisotopic (exact) mass is 300 g/mol. The Kier molecular flexibility index (Phi) is 3.55. The predicted molar refractivity (Wildman–Crippen MR) is 78.5 cm³/mol. The van der Waals surface area contributed by atoms with E-state index in [0.29, 0.717) is 28.2 Å². The van der Waals surface area contributed by atoms with Gasteiger partial charge in [0.05, 0.1) is 12.7 Å². The number of carboxylic acids is 1. The number of halogens is 1. The maximum absolute atomic E-state index is 13.1. The second-order valence-corrected chi connectivity index (χ2v) is 4.82. The van der Waals surface area contributed by atoms with Crippen molar-refractivity contribution >= 4 is 11.5 Å². The van der Waals surface area contributed by atoms with Crippen molar-refractivity contribution in [2.75, 3.05) is 13.7 Å². The Bertz CT molecular complexity index is 763. The van der Waals surface area contributed by atoms with Gasteiger partial charge in [0, 0.05) is 11.1 Å². The van der Waals surface area contributed by atoms with E-state index in [-0.39, 0.29) is 18.0 Å². The highest BCUT2D eigenvalue weighted by molar-refractivity contribution is 6.03. The summed E-state index contributed by atoms with van der Waals surface area (Å²) in [6.45, 7) is -0.0403. The van der Waals surface area contributed by atoms with Crippen molar-refractivity contribution in [3.8, 4) is 11.5 Å². The Morgan fingerprint density at radius 2 is 1.95 bits per heavy atom. The quantitative estimate of drug-likeness (QED) is 0.946. The second-order valence-electron chi connectivity index (χ2n) is 4.82. The van der Waals surface area contributed by atoms with Crippen LogP contribution in [0.2, 0.25) is 0 Å². The van der Waals surface area contributed by atoms with E-state index in [0.717, 1.165) is 0 Å². The second kappa shape index (κ2) is 5.52. The summed E-state index contributed by atoms with van der Waals surface area (Å²) in [5.74, 6) is -0.273. The van der Waals surface area contributed by atoms with Crippen molar-refractivity contribution in [3.63, 3.8) is 0 Å². The average Bonchev–Trinajstić information content (AvgIpc) is 2.54. The van der Waals surface area contributed by atoms with Crippen molar-refractivity contribution in [1.29, 1.82) is 0 Å². The third kappa shape index (κ3) is 2.41. The zero-order valence-electron chi connectivity index (χ0n) is 11.8. The SMILES string of the molecule is COc1ccc2c(c1)C(c1ccc(F)cc1)=C(C(=O)O)CO2. The van der Waals surface area contributed by atoms with Gasteiger partial charge < -0.3 is 14.6 Å². The highest BCUT2D eigenvalue weighted by Crippen LogP contribution is 2.39. The molecule has 0 atom stereocenters. The molecule has 1 N–H and O–H groups in total. The molecule has 0 spiro atoms. The molecule has 4 nitrogen and oxygen atoms in total. The van der Waals surface area contributed by atoms with Crippen molar-refractivity contribution in [1.82, 2.24) is 0 Å². The minimum absolute atomic E-state index is 0.0403. The summed E-state index contributed by atoms with van der Waals surface area (Å²) < 4.78 is 23.8. The van der Waals surface area contributed by atoms with E-state index in [4.69, 9.17) is 9.47 Å². The number of aliphatic carboxylic acids is 1. The number of fused-ring (bicyclic) bond motifs is 1. The fraction of sp³-hybridized carbons (Fsp3) is 0.118. The Labute approximate surface area is 126 Å². The smallest absolute Gasteiger partial charge is 0.335 e. The van der Waals surface area contributed by atoms with Crippen LogP contribution in [0.25, 0.3) is 5.57 Å². The molecule has 0 bridgehead atoms. The summed E-state index contributed by atoms with van der Waals surface area (Å²) in [4.78, 5) is 11.5. The number of hydrogen-bond donors (Lipinski definition) is 1. The molecule has 3 rings (SSSR count). The molecule has 1 aliphatic rings. The van der Waals surface area contributed by atoms with Gasteiger partial charge in [-0.2, -0.15) is 0 Å². The van der Waals surface area contributed by atoms with Crippen molar-refractivity contribution in [2.45, 2.75) is 0 Å². The molecule has 0 amide bonds. The molecular weight excluding hydrogens is 287 g/mol. The van der Waals surface area contributed by atoms with E-state index in [1.54, 1.807) is 30.3 Å². The van der Waals surface area contributed by atoms with Gasteiger partial charge >= 0.3 is 5.97 Å². The molecule has 112 valence electrons. The first-order chi connectivity index (χ1) is 10.6. The van der Waals surface area contributed by atoms with Gasteiger partial charge in [-0.05, 0) is 35.9 Å². The summed E-state index contributed by atoms with van der Waals surface area (Å²) in [5.41, 5.74) is 1.89. The maximum Gasteiger partial charge on any atom is 0.335 e. The molecule has 0 aromatic heterocycles. The Morgan fingerprint density at radius 3 is 2.59 bits per heavy atom. The van der Waals surface area contributed by atoms with Gasteiger partial charge in [-0.1, -0.05) is 12.1 Å². The molecule has 1 heterocycles. The van der Waals surface area contributed by atoms with E-state index in [1.807, 2.05) is 0 Å². The Morgan fingerprint density at radius 1 is 1.23 bits per heavy atom. The molecular formula is C17H13FO4. The highest BCUT2D eigenvalue weighted by Gasteiger charge is 2.26. The van der Waals surface area contributed by atoms with Crippen LogP contribution >= 0.6 is 0 Å². The van der Waals surface area contributed by atoms with Crippen molar-refractivity contribution in [2.24, 2.45) is 0 Å². The normalized spacial score (nSPS) is 13.4. The fourth-order valence-electron chi connectivity index (χ4n) is 2.46. The Balaban J connectivity index is 2.25. The van der Waals surface area contributed by atoms with Crippen LogP contribution in [-0.4, -0.2) is 24.8 Å². The van der Waals surface area contributed by atoms with E-state index in [2.05, 4.69) is 0 Å². The van der Waals surface area contributed by atoms with Gasteiger partial charge in [0.1, 0.15) is 23.9 Å². The number of rotatable bonds is 3. The van der Waals surface area contributed by atoms with Crippen LogP contribution in [0.15, 0.2) is 48.0 Å². The van der Waals surface area contributed by atoms with Crippen LogP contribution in [0.4, 0.5) is 4.39 Å². The molecule has 0 radical (unpaired) electrons. The zero-order valence-corrected chi connectivity index (χ0v) is 11.8. The van der Waals surface area contributed by atoms with Gasteiger partial charge in [0.15, 0.2) is 0 Å². The summed E-state index contributed by atoms with van der Waals surface area (Å²) in [7, 11) is 1.53.